The fraction of sp³-hybridized carbons (Fsp3) is 0.0526. The smallest absolute Gasteiger partial charge is 0.259 e. The summed E-state index contributed by atoms with van der Waals surface area (Å²) in [5.74, 6) is -0.469. The van der Waals surface area contributed by atoms with Crippen LogP contribution in [0.15, 0.2) is 59.5 Å². The van der Waals surface area contributed by atoms with Gasteiger partial charge in [0.15, 0.2) is 11.5 Å². The molecule has 6 nitrogen and oxygen atoms in total. The molecule has 1 amide bonds. The van der Waals surface area contributed by atoms with Crippen LogP contribution >= 0.6 is 11.6 Å². The van der Waals surface area contributed by atoms with Crippen LogP contribution in [-0.2, 0) is 0 Å². The summed E-state index contributed by atoms with van der Waals surface area (Å²) < 4.78 is 24.2. The van der Waals surface area contributed by atoms with Crippen molar-refractivity contribution in [3.63, 3.8) is 0 Å². The van der Waals surface area contributed by atoms with Gasteiger partial charge < -0.3 is 19.8 Å². The maximum Gasteiger partial charge on any atom is 0.259 e. The molecule has 3 rings (SSSR count). The molecule has 0 fully saturated rings. The minimum Gasteiger partial charge on any atom is -0.493 e. The Hall–Kier alpha value is -3.32. The average Bonchev–Trinajstić information content (AvgIpc) is 2.63. The second-order valence-electron chi connectivity index (χ2n) is 5.43. The normalized spacial score (nSPS) is 10.3. The number of halogens is 2. The summed E-state index contributed by atoms with van der Waals surface area (Å²) in [5.41, 5.74) is 0.145. The van der Waals surface area contributed by atoms with Crippen molar-refractivity contribution in [1.29, 1.82) is 0 Å². The van der Waals surface area contributed by atoms with Gasteiger partial charge in [0, 0.05) is 35.1 Å². The molecule has 1 heterocycles. The average molecular weight is 389 g/mol. The van der Waals surface area contributed by atoms with E-state index < -0.39 is 11.7 Å². The predicted molar refractivity (Wildman–Crippen MR) is 99.5 cm³/mol. The highest BCUT2D eigenvalue weighted by Crippen LogP contribution is 2.35. The zero-order valence-corrected chi connectivity index (χ0v) is 14.8. The van der Waals surface area contributed by atoms with Crippen LogP contribution in [0.25, 0.3) is 0 Å². The van der Waals surface area contributed by atoms with Gasteiger partial charge in [0.1, 0.15) is 11.6 Å². The van der Waals surface area contributed by atoms with Crippen molar-refractivity contribution in [3.8, 4) is 17.2 Å². The number of carbonyl (C=O) groups excluding carboxylic acids is 1. The lowest BCUT2D eigenvalue weighted by Crippen LogP contribution is -2.15. The molecule has 0 bridgehead atoms. The third-order valence-electron chi connectivity index (χ3n) is 3.57. The topological polar surface area (TPSA) is 80.4 Å². The molecule has 0 aliphatic rings. The Kier molecular flexibility index (Phi) is 5.42. The predicted octanol–water partition coefficient (Wildman–Crippen LogP) is 4.22. The van der Waals surface area contributed by atoms with Gasteiger partial charge in [-0.2, -0.15) is 0 Å². The van der Waals surface area contributed by atoms with Gasteiger partial charge >= 0.3 is 0 Å². The lowest BCUT2D eigenvalue weighted by Gasteiger charge is -2.14. The van der Waals surface area contributed by atoms with Crippen LogP contribution in [0.2, 0.25) is 5.02 Å². The molecular formula is C19H14ClFN2O4. The van der Waals surface area contributed by atoms with Crippen LogP contribution < -0.4 is 20.3 Å². The number of ether oxygens (including phenoxy) is 2. The van der Waals surface area contributed by atoms with E-state index >= 15 is 0 Å². The van der Waals surface area contributed by atoms with Crippen molar-refractivity contribution in [2.75, 3.05) is 12.4 Å². The van der Waals surface area contributed by atoms with Crippen LogP contribution in [0.5, 0.6) is 17.2 Å². The van der Waals surface area contributed by atoms with Gasteiger partial charge in [0.25, 0.3) is 5.91 Å². The first kappa shape index (κ1) is 18.5. The Morgan fingerprint density at radius 2 is 1.89 bits per heavy atom. The van der Waals surface area contributed by atoms with Crippen LogP contribution in [0.1, 0.15) is 10.4 Å². The molecule has 0 aliphatic carbocycles. The monoisotopic (exact) mass is 388 g/mol. The molecule has 2 N–H and O–H groups in total. The number of methoxy groups -OCH3 is 1. The summed E-state index contributed by atoms with van der Waals surface area (Å²) in [7, 11) is 1.38. The Balaban J connectivity index is 1.93. The molecule has 0 saturated carbocycles. The van der Waals surface area contributed by atoms with Gasteiger partial charge in [-0.05, 0) is 30.3 Å². The molecule has 0 spiro atoms. The number of nitrogens with one attached hydrogen (secondary N) is 2. The SMILES string of the molecule is COc1cc(F)ccc1Oc1cc(Cl)ccc1C(=O)Nc1cc[nH]c(=O)c1. The molecule has 0 radical (unpaired) electrons. The fourth-order valence-corrected chi connectivity index (χ4v) is 2.50. The minimum absolute atomic E-state index is 0.148. The molecule has 27 heavy (non-hydrogen) atoms. The van der Waals surface area contributed by atoms with E-state index in [2.05, 4.69) is 10.3 Å². The van der Waals surface area contributed by atoms with Crippen molar-refractivity contribution in [2.45, 2.75) is 0 Å². The van der Waals surface area contributed by atoms with Crippen LogP contribution in [0.3, 0.4) is 0 Å². The van der Waals surface area contributed by atoms with Crippen molar-refractivity contribution < 1.29 is 18.7 Å². The first-order valence-electron chi connectivity index (χ1n) is 7.77. The number of H-pyrrole nitrogens is 1. The number of benzene rings is 2. The van der Waals surface area contributed by atoms with E-state index in [0.717, 1.165) is 6.07 Å². The van der Waals surface area contributed by atoms with Gasteiger partial charge in [-0.15, -0.1) is 0 Å². The Labute approximate surface area is 158 Å². The van der Waals surface area contributed by atoms with E-state index in [-0.39, 0.29) is 28.4 Å². The standard InChI is InChI=1S/C19H14ClFN2O4/c1-26-17-9-12(21)3-5-15(17)27-16-8-11(20)2-4-14(16)19(25)23-13-6-7-22-18(24)10-13/h2-10H,1H3,(H2,22,23,24,25). The second-order valence-corrected chi connectivity index (χ2v) is 5.87. The van der Waals surface area contributed by atoms with Gasteiger partial charge in [-0.1, -0.05) is 11.6 Å². The lowest BCUT2D eigenvalue weighted by atomic mass is 10.1. The van der Waals surface area contributed by atoms with Crippen molar-refractivity contribution in [3.05, 3.63) is 81.5 Å². The Morgan fingerprint density at radius 3 is 2.63 bits per heavy atom. The number of hydrogen-bond acceptors (Lipinski definition) is 4. The number of pyridine rings is 1. The summed E-state index contributed by atoms with van der Waals surface area (Å²) in [5, 5.41) is 2.96. The van der Waals surface area contributed by atoms with E-state index in [1.807, 2.05) is 0 Å². The maximum atomic E-state index is 13.4. The highest BCUT2D eigenvalue weighted by atomic mass is 35.5. The van der Waals surface area contributed by atoms with Crippen LogP contribution in [-0.4, -0.2) is 18.0 Å². The van der Waals surface area contributed by atoms with E-state index in [1.165, 1.54) is 49.7 Å². The van der Waals surface area contributed by atoms with Gasteiger partial charge in [0.2, 0.25) is 5.56 Å². The highest BCUT2D eigenvalue weighted by Gasteiger charge is 2.16. The van der Waals surface area contributed by atoms with Crippen molar-refractivity contribution in [1.82, 2.24) is 4.98 Å². The number of aromatic amines is 1. The summed E-state index contributed by atoms with van der Waals surface area (Å²) in [6, 6.07) is 11.0. The number of anilines is 1. The summed E-state index contributed by atoms with van der Waals surface area (Å²) in [6.45, 7) is 0. The first-order chi connectivity index (χ1) is 13.0. The molecule has 8 heteroatoms. The largest absolute Gasteiger partial charge is 0.493 e. The molecule has 2 aromatic carbocycles. The zero-order chi connectivity index (χ0) is 19.4. The molecule has 3 aromatic rings. The van der Waals surface area contributed by atoms with E-state index in [4.69, 9.17) is 21.1 Å². The van der Waals surface area contributed by atoms with Gasteiger partial charge in [-0.3, -0.25) is 9.59 Å². The van der Waals surface area contributed by atoms with Crippen molar-refractivity contribution >= 4 is 23.2 Å². The zero-order valence-electron chi connectivity index (χ0n) is 14.1. The molecular weight excluding hydrogens is 375 g/mol. The Morgan fingerprint density at radius 1 is 1.07 bits per heavy atom. The van der Waals surface area contributed by atoms with E-state index in [9.17, 15) is 14.0 Å². The highest BCUT2D eigenvalue weighted by molar-refractivity contribution is 6.31. The summed E-state index contributed by atoms with van der Waals surface area (Å²) >= 11 is 6.02. The Bertz CT molecular complexity index is 1050. The molecule has 1 aromatic heterocycles. The number of hydrogen-bond donors (Lipinski definition) is 2. The number of rotatable bonds is 5. The first-order valence-corrected chi connectivity index (χ1v) is 8.15. The summed E-state index contributed by atoms with van der Waals surface area (Å²) in [6.07, 6.45) is 1.42. The number of carbonyl (C=O) groups is 1. The molecule has 0 aliphatic heterocycles. The lowest BCUT2D eigenvalue weighted by molar-refractivity contribution is 0.102. The molecule has 0 unspecified atom stereocenters. The quantitative estimate of drug-likeness (QED) is 0.685. The maximum absolute atomic E-state index is 13.4. The van der Waals surface area contributed by atoms with Crippen LogP contribution in [0.4, 0.5) is 10.1 Å². The summed E-state index contributed by atoms with van der Waals surface area (Å²) in [4.78, 5) is 26.4. The molecule has 0 atom stereocenters. The van der Waals surface area contributed by atoms with Gasteiger partial charge in [0.05, 0.1) is 12.7 Å². The molecule has 138 valence electrons. The van der Waals surface area contributed by atoms with E-state index in [1.54, 1.807) is 6.07 Å². The third kappa shape index (κ3) is 4.45. The van der Waals surface area contributed by atoms with Crippen molar-refractivity contribution in [2.24, 2.45) is 0 Å². The second kappa shape index (κ2) is 7.92. The minimum atomic E-state index is -0.506. The molecule has 0 saturated heterocycles. The van der Waals surface area contributed by atoms with Crippen LogP contribution in [0, 0.1) is 5.82 Å². The van der Waals surface area contributed by atoms with E-state index in [0.29, 0.717) is 10.7 Å². The number of amides is 1. The number of aromatic nitrogens is 1. The fourth-order valence-electron chi connectivity index (χ4n) is 2.33. The third-order valence-corrected chi connectivity index (χ3v) is 3.80. The van der Waals surface area contributed by atoms with Gasteiger partial charge in [-0.25, -0.2) is 4.39 Å².